The van der Waals surface area contributed by atoms with Crippen molar-refractivity contribution in [3.63, 3.8) is 0 Å². The Kier molecular flexibility index (Phi) is 5.23. The number of hydrogen-bond donors (Lipinski definition) is 2. The SMILES string of the molecule is Cc1nn(-c2ccccc2)c2nc(C3CCCN(C4CNC4)C3)[nH]c(=O)c12.Cl. The van der Waals surface area contributed by atoms with Crippen molar-refractivity contribution in [2.45, 2.75) is 31.7 Å². The van der Waals surface area contributed by atoms with Gasteiger partial charge in [-0.2, -0.15) is 5.10 Å². The number of likely N-dealkylation sites (tertiary alicyclic amines) is 1. The minimum absolute atomic E-state index is 0. The highest BCUT2D eigenvalue weighted by molar-refractivity contribution is 5.85. The summed E-state index contributed by atoms with van der Waals surface area (Å²) in [5.41, 5.74) is 2.20. The van der Waals surface area contributed by atoms with E-state index in [1.807, 2.05) is 37.3 Å². The van der Waals surface area contributed by atoms with E-state index >= 15 is 0 Å². The molecule has 2 saturated heterocycles. The van der Waals surface area contributed by atoms with E-state index < -0.39 is 0 Å². The molecule has 1 unspecified atom stereocenters. The maximum absolute atomic E-state index is 12.8. The fourth-order valence-corrected chi connectivity index (χ4v) is 4.24. The number of hydrogen-bond acceptors (Lipinski definition) is 5. The lowest BCUT2D eigenvalue weighted by atomic mass is 9.94. The Morgan fingerprint density at radius 3 is 2.68 bits per heavy atom. The molecule has 0 radical (unpaired) electrons. The van der Waals surface area contributed by atoms with E-state index in [9.17, 15) is 4.79 Å². The van der Waals surface area contributed by atoms with Crippen LogP contribution in [0.1, 0.15) is 30.3 Å². The van der Waals surface area contributed by atoms with Crippen LogP contribution in [0.2, 0.25) is 0 Å². The number of H-pyrrole nitrogens is 1. The van der Waals surface area contributed by atoms with E-state index in [4.69, 9.17) is 4.98 Å². The Hall–Kier alpha value is -2.22. The molecule has 1 atom stereocenters. The average Bonchev–Trinajstić information content (AvgIpc) is 2.98. The van der Waals surface area contributed by atoms with Crippen LogP contribution in [0.3, 0.4) is 0 Å². The van der Waals surface area contributed by atoms with Gasteiger partial charge < -0.3 is 10.3 Å². The lowest BCUT2D eigenvalue weighted by molar-refractivity contribution is 0.108. The average molecular weight is 401 g/mol. The Labute approximate surface area is 169 Å². The molecule has 0 bridgehead atoms. The number of aryl methyl sites for hydroxylation is 1. The zero-order valence-electron chi connectivity index (χ0n) is 15.9. The molecule has 1 aromatic carbocycles. The fourth-order valence-electron chi connectivity index (χ4n) is 4.24. The first-order chi connectivity index (χ1) is 13.2. The lowest BCUT2D eigenvalue weighted by Gasteiger charge is -2.42. The summed E-state index contributed by atoms with van der Waals surface area (Å²) >= 11 is 0. The molecule has 0 spiro atoms. The second-order valence-electron chi connectivity index (χ2n) is 7.63. The number of piperidine rings is 1. The van der Waals surface area contributed by atoms with Crippen LogP contribution in [0.15, 0.2) is 35.1 Å². The van der Waals surface area contributed by atoms with Crippen LogP contribution in [0.25, 0.3) is 16.7 Å². The smallest absolute Gasteiger partial charge is 0.262 e. The van der Waals surface area contributed by atoms with Gasteiger partial charge in [0.2, 0.25) is 0 Å². The van der Waals surface area contributed by atoms with Gasteiger partial charge in [0, 0.05) is 31.6 Å². The predicted molar refractivity (Wildman–Crippen MR) is 112 cm³/mol. The van der Waals surface area contributed by atoms with Gasteiger partial charge in [-0.25, -0.2) is 9.67 Å². The number of halogens is 1. The molecule has 2 N–H and O–H groups in total. The molecule has 148 valence electrons. The predicted octanol–water partition coefficient (Wildman–Crippen LogP) is 1.99. The van der Waals surface area contributed by atoms with Crippen LogP contribution in [0.5, 0.6) is 0 Å². The molecule has 7 nitrogen and oxygen atoms in total. The number of benzene rings is 1. The molecule has 2 aromatic heterocycles. The van der Waals surface area contributed by atoms with E-state index in [0.717, 1.165) is 50.5 Å². The minimum atomic E-state index is -0.0860. The molecule has 0 saturated carbocycles. The highest BCUT2D eigenvalue weighted by Crippen LogP contribution is 2.27. The number of fused-ring (bicyclic) bond motifs is 1. The van der Waals surface area contributed by atoms with E-state index in [-0.39, 0.29) is 23.9 Å². The minimum Gasteiger partial charge on any atom is -0.314 e. The first-order valence-corrected chi connectivity index (χ1v) is 9.70. The molecule has 8 heteroatoms. The third-order valence-electron chi connectivity index (χ3n) is 5.85. The Balaban J connectivity index is 0.00000192. The van der Waals surface area contributed by atoms with Crippen molar-refractivity contribution < 1.29 is 0 Å². The molecule has 28 heavy (non-hydrogen) atoms. The standard InChI is InChI=1S/C20H24N6O.ClH/c1-13-17-19(26(24-13)15-7-3-2-4-8-15)22-18(23-20(17)27)14-6-5-9-25(12-14)16-10-21-11-16;/h2-4,7-8,14,16,21H,5-6,9-12H2,1H3,(H,22,23,27);1H. The van der Waals surface area contributed by atoms with E-state index in [2.05, 4.69) is 20.3 Å². The van der Waals surface area contributed by atoms with Gasteiger partial charge in [0.1, 0.15) is 11.2 Å². The van der Waals surface area contributed by atoms with E-state index in [1.165, 1.54) is 0 Å². The van der Waals surface area contributed by atoms with Crippen LogP contribution in [0, 0.1) is 6.92 Å². The monoisotopic (exact) mass is 400 g/mol. The fraction of sp³-hybridized carbons (Fsp3) is 0.450. The van der Waals surface area contributed by atoms with E-state index in [0.29, 0.717) is 22.8 Å². The van der Waals surface area contributed by atoms with E-state index in [1.54, 1.807) is 4.68 Å². The van der Waals surface area contributed by atoms with Crippen LogP contribution < -0.4 is 10.9 Å². The van der Waals surface area contributed by atoms with Crippen molar-refractivity contribution in [3.8, 4) is 5.69 Å². The van der Waals surface area contributed by atoms with Gasteiger partial charge in [-0.3, -0.25) is 9.69 Å². The summed E-state index contributed by atoms with van der Waals surface area (Å²) in [4.78, 5) is 23.3. The van der Waals surface area contributed by atoms with Crippen molar-refractivity contribution in [2.75, 3.05) is 26.2 Å². The van der Waals surface area contributed by atoms with Crippen LogP contribution >= 0.6 is 12.4 Å². The number of aromatic nitrogens is 4. The molecule has 2 aliphatic rings. The zero-order chi connectivity index (χ0) is 18.4. The van der Waals surface area contributed by atoms with Crippen LogP contribution in [0.4, 0.5) is 0 Å². The Morgan fingerprint density at radius 1 is 1.18 bits per heavy atom. The Morgan fingerprint density at radius 2 is 1.96 bits per heavy atom. The first kappa shape index (κ1) is 19.1. The van der Waals surface area contributed by atoms with Crippen molar-refractivity contribution >= 4 is 23.4 Å². The summed E-state index contributed by atoms with van der Waals surface area (Å²) in [5.74, 6) is 1.05. The number of rotatable bonds is 3. The largest absolute Gasteiger partial charge is 0.314 e. The third kappa shape index (κ3) is 3.23. The quantitative estimate of drug-likeness (QED) is 0.703. The van der Waals surface area contributed by atoms with Crippen molar-refractivity contribution in [2.24, 2.45) is 0 Å². The topological polar surface area (TPSA) is 78.8 Å². The molecular formula is C20H25ClN6O. The third-order valence-corrected chi connectivity index (χ3v) is 5.85. The van der Waals surface area contributed by atoms with Gasteiger partial charge in [-0.05, 0) is 38.4 Å². The lowest BCUT2D eigenvalue weighted by Crippen LogP contribution is -2.59. The van der Waals surface area contributed by atoms with Crippen molar-refractivity contribution in [3.05, 3.63) is 52.2 Å². The number of para-hydroxylation sites is 1. The molecule has 2 fully saturated rings. The summed E-state index contributed by atoms with van der Waals surface area (Å²) in [5, 5.41) is 8.52. The number of aromatic amines is 1. The summed E-state index contributed by atoms with van der Waals surface area (Å²) in [6, 6.07) is 10.5. The van der Waals surface area contributed by atoms with Gasteiger partial charge in [0.05, 0.1) is 11.4 Å². The van der Waals surface area contributed by atoms with Gasteiger partial charge in [0.15, 0.2) is 5.65 Å². The van der Waals surface area contributed by atoms with Crippen molar-refractivity contribution in [1.82, 2.24) is 30.0 Å². The summed E-state index contributed by atoms with van der Waals surface area (Å²) in [6.07, 6.45) is 2.20. The number of nitrogens with zero attached hydrogens (tertiary/aromatic N) is 4. The maximum Gasteiger partial charge on any atom is 0.262 e. The molecule has 0 aliphatic carbocycles. The Bertz CT molecular complexity index is 1030. The van der Waals surface area contributed by atoms with Crippen LogP contribution in [-0.2, 0) is 0 Å². The summed E-state index contributed by atoms with van der Waals surface area (Å²) < 4.78 is 1.79. The second kappa shape index (κ2) is 7.66. The second-order valence-corrected chi connectivity index (χ2v) is 7.63. The molecule has 2 aliphatic heterocycles. The van der Waals surface area contributed by atoms with Gasteiger partial charge in [-0.15, -0.1) is 12.4 Å². The van der Waals surface area contributed by atoms with Gasteiger partial charge in [0.25, 0.3) is 5.56 Å². The van der Waals surface area contributed by atoms with Crippen molar-refractivity contribution in [1.29, 1.82) is 0 Å². The first-order valence-electron chi connectivity index (χ1n) is 9.70. The summed E-state index contributed by atoms with van der Waals surface area (Å²) in [7, 11) is 0. The molecular weight excluding hydrogens is 376 g/mol. The highest BCUT2D eigenvalue weighted by Gasteiger charge is 2.31. The van der Waals surface area contributed by atoms with Gasteiger partial charge in [-0.1, -0.05) is 18.2 Å². The molecule has 3 aromatic rings. The number of nitrogens with one attached hydrogen (secondary N) is 2. The molecule has 5 rings (SSSR count). The summed E-state index contributed by atoms with van der Waals surface area (Å²) in [6.45, 7) is 6.09. The highest BCUT2D eigenvalue weighted by atomic mass is 35.5. The molecule has 4 heterocycles. The van der Waals surface area contributed by atoms with Crippen LogP contribution in [-0.4, -0.2) is 56.9 Å². The zero-order valence-corrected chi connectivity index (χ0v) is 16.7. The maximum atomic E-state index is 12.8. The van der Waals surface area contributed by atoms with Gasteiger partial charge >= 0.3 is 0 Å². The molecule has 0 amide bonds. The normalized spacial score (nSPS) is 20.7.